The first-order valence-electron chi connectivity index (χ1n) is 7.43. The second kappa shape index (κ2) is 6.76. The highest BCUT2D eigenvalue weighted by Gasteiger charge is 2.31. The molecular weight excluding hydrogens is 240 g/mol. The second-order valence-electron chi connectivity index (χ2n) is 5.67. The molecular formula is C14H24N4O. The van der Waals surface area contributed by atoms with Gasteiger partial charge in [-0.05, 0) is 31.6 Å². The van der Waals surface area contributed by atoms with Crippen molar-refractivity contribution < 1.29 is 4.79 Å². The zero-order chi connectivity index (χ0) is 13.7. The molecule has 2 amide bonds. The number of hydrogen-bond donors (Lipinski definition) is 2. The fourth-order valence-electron chi connectivity index (χ4n) is 3.29. The van der Waals surface area contributed by atoms with Crippen molar-refractivity contribution in [3.63, 3.8) is 0 Å². The molecule has 106 valence electrons. The Morgan fingerprint density at radius 3 is 2.68 bits per heavy atom. The van der Waals surface area contributed by atoms with Crippen LogP contribution in [0.2, 0.25) is 0 Å². The average molecular weight is 264 g/mol. The summed E-state index contributed by atoms with van der Waals surface area (Å²) in [6.07, 6.45) is 7.80. The van der Waals surface area contributed by atoms with E-state index in [9.17, 15) is 4.79 Å². The van der Waals surface area contributed by atoms with Crippen molar-refractivity contribution in [2.45, 2.75) is 57.0 Å². The van der Waals surface area contributed by atoms with E-state index in [1.54, 1.807) is 4.90 Å². The SMILES string of the molecule is N#C[C@@H]1CCCN1C(=O)N[C@H](CN)C1CCCCC1. The van der Waals surface area contributed by atoms with Gasteiger partial charge in [-0.2, -0.15) is 5.26 Å². The van der Waals surface area contributed by atoms with Crippen molar-refractivity contribution in [1.29, 1.82) is 5.26 Å². The number of nitrogens with zero attached hydrogens (tertiary/aromatic N) is 2. The molecule has 1 aliphatic heterocycles. The van der Waals surface area contributed by atoms with Gasteiger partial charge in [-0.25, -0.2) is 4.79 Å². The van der Waals surface area contributed by atoms with Gasteiger partial charge in [0.1, 0.15) is 6.04 Å². The lowest BCUT2D eigenvalue weighted by Crippen LogP contribution is -2.51. The van der Waals surface area contributed by atoms with Crippen LogP contribution in [0, 0.1) is 17.2 Å². The summed E-state index contributed by atoms with van der Waals surface area (Å²) < 4.78 is 0. The number of likely N-dealkylation sites (tertiary alicyclic amines) is 1. The van der Waals surface area contributed by atoms with Gasteiger partial charge in [0.2, 0.25) is 0 Å². The Balaban J connectivity index is 1.90. The summed E-state index contributed by atoms with van der Waals surface area (Å²) in [6.45, 7) is 1.17. The zero-order valence-corrected chi connectivity index (χ0v) is 11.5. The van der Waals surface area contributed by atoms with Crippen molar-refractivity contribution in [3.8, 4) is 6.07 Å². The van der Waals surface area contributed by atoms with Crippen LogP contribution in [0.4, 0.5) is 4.79 Å². The molecule has 1 aliphatic carbocycles. The Hall–Kier alpha value is -1.28. The van der Waals surface area contributed by atoms with Crippen LogP contribution in [0.3, 0.4) is 0 Å². The van der Waals surface area contributed by atoms with Crippen molar-refractivity contribution in [1.82, 2.24) is 10.2 Å². The summed E-state index contributed by atoms with van der Waals surface area (Å²) in [5.74, 6) is 0.505. The summed E-state index contributed by atoms with van der Waals surface area (Å²) in [4.78, 5) is 13.9. The quantitative estimate of drug-likeness (QED) is 0.812. The Bertz CT molecular complexity index is 346. The van der Waals surface area contributed by atoms with Gasteiger partial charge < -0.3 is 16.0 Å². The van der Waals surface area contributed by atoms with Crippen molar-refractivity contribution in [3.05, 3.63) is 0 Å². The molecule has 1 heterocycles. The van der Waals surface area contributed by atoms with Gasteiger partial charge in [-0.1, -0.05) is 19.3 Å². The maximum atomic E-state index is 12.2. The highest BCUT2D eigenvalue weighted by Crippen LogP contribution is 2.26. The van der Waals surface area contributed by atoms with Gasteiger partial charge in [-0.15, -0.1) is 0 Å². The number of amides is 2. The number of nitriles is 1. The van der Waals surface area contributed by atoms with E-state index in [1.165, 1.54) is 19.3 Å². The molecule has 5 heteroatoms. The summed E-state index contributed by atoms with van der Waals surface area (Å²) in [7, 11) is 0. The minimum atomic E-state index is -0.259. The predicted octanol–water partition coefficient (Wildman–Crippen LogP) is 1.59. The molecule has 1 saturated carbocycles. The fourth-order valence-corrected chi connectivity index (χ4v) is 3.29. The second-order valence-corrected chi connectivity index (χ2v) is 5.67. The normalized spacial score (nSPS) is 25.9. The van der Waals surface area contributed by atoms with Crippen LogP contribution in [-0.4, -0.2) is 36.1 Å². The highest BCUT2D eigenvalue weighted by molar-refractivity contribution is 5.75. The van der Waals surface area contributed by atoms with Gasteiger partial charge in [-0.3, -0.25) is 0 Å². The van der Waals surface area contributed by atoms with Gasteiger partial charge in [0.15, 0.2) is 0 Å². The molecule has 2 rings (SSSR count). The first-order chi connectivity index (χ1) is 9.26. The van der Waals surface area contributed by atoms with Gasteiger partial charge in [0.05, 0.1) is 6.07 Å². The van der Waals surface area contributed by atoms with E-state index in [0.29, 0.717) is 19.0 Å². The van der Waals surface area contributed by atoms with Crippen molar-refractivity contribution in [2.75, 3.05) is 13.1 Å². The van der Waals surface area contributed by atoms with Crippen LogP contribution in [0.1, 0.15) is 44.9 Å². The molecule has 19 heavy (non-hydrogen) atoms. The number of nitrogens with one attached hydrogen (secondary N) is 1. The third kappa shape index (κ3) is 3.38. The Morgan fingerprint density at radius 2 is 2.05 bits per heavy atom. The smallest absolute Gasteiger partial charge is 0.318 e. The largest absolute Gasteiger partial charge is 0.334 e. The van der Waals surface area contributed by atoms with Crippen LogP contribution < -0.4 is 11.1 Å². The lowest BCUT2D eigenvalue weighted by Gasteiger charge is -2.32. The maximum Gasteiger partial charge on any atom is 0.318 e. The summed E-state index contributed by atoms with van der Waals surface area (Å²) in [5.41, 5.74) is 5.82. The molecule has 2 fully saturated rings. The molecule has 0 unspecified atom stereocenters. The van der Waals surface area contributed by atoms with Crippen LogP contribution in [-0.2, 0) is 0 Å². The zero-order valence-electron chi connectivity index (χ0n) is 11.5. The number of carbonyl (C=O) groups is 1. The van der Waals surface area contributed by atoms with E-state index >= 15 is 0 Å². The first kappa shape index (κ1) is 14.1. The number of hydrogen-bond acceptors (Lipinski definition) is 3. The number of urea groups is 1. The van der Waals surface area contributed by atoms with Crippen LogP contribution in [0.25, 0.3) is 0 Å². The fraction of sp³-hybridized carbons (Fsp3) is 0.857. The number of carbonyl (C=O) groups excluding carboxylic acids is 1. The van der Waals surface area contributed by atoms with E-state index < -0.39 is 0 Å². The predicted molar refractivity (Wildman–Crippen MR) is 73.3 cm³/mol. The van der Waals surface area contributed by atoms with Gasteiger partial charge in [0.25, 0.3) is 0 Å². The topological polar surface area (TPSA) is 82.2 Å². The third-order valence-electron chi connectivity index (χ3n) is 4.44. The molecule has 5 nitrogen and oxygen atoms in total. The molecule has 0 aromatic rings. The lowest BCUT2D eigenvalue weighted by atomic mass is 9.84. The molecule has 2 aliphatic rings. The standard InChI is InChI=1S/C14H24N4O/c15-9-12-7-4-8-18(12)14(19)17-13(10-16)11-5-2-1-3-6-11/h11-13H,1-8,10,16H2,(H,17,19)/t12-,13+/m0/s1. The molecule has 1 saturated heterocycles. The molecule has 0 radical (unpaired) electrons. The number of nitrogens with two attached hydrogens (primary N) is 1. The minimum Gasteiger partial charge on any atom is -0.334 e. The Morgan fingerprint density at radius 1 is 1.32 bits per heavy atom. The van der Waals surface area contributed by atoms with E-state index in [4.69, 9.17) is 11.0 Å². The molecule has 0 spiro atoms. The highest BCUT2D eigenvalue weighted by atomic mass is 16.2. The monoisotopic (exact) mass is 264 g/mol. The summed E-state index contributed by atoms with van der Waals surface area (Å²) >= 11 is 0. The van der Waals surface area contributed by atoms with Crippen LogP contribution in [0.5, 0.6) is 0 Å². The molecule has 0 aromatic heterocycles. The third-order valence-corrected chi connectivity index (χ3v) is 4.44. The Labute approximate surface area is 115 Å². The number of rotatable bonds is 3. The van der Waals surface area contributed by atoms with E-state index in [1.807, 2.05) is 0 Å². The van der Waals surface area contributed by atoms with Gasteiger partial charge >= 0.3 is 6.03 Å². The van der Waals surface area contributed by atoms with E-state index in [2.05, 4.69) is 11.4 Å². The van der Waals surface area contributed by atoms with Crippen molar-refractivity contribution >= 4 is 6.03 Å². The lowest BCUT2D eigenvalue weighted by molar-refractivity contribution is 0.186. The average Bonchev–Trinajstić information content (AvgIpc) is 2.94. The van der Waals surface area contributed by atoms with Gasteiger partial charge in [0, 0.05) is 19.1 Å². The maximum absolute atomic E-state index is 12.2. The van der Waals surface area contributed by atoms with Crippen LogP contribution >= 0.6 is 0 Å². The molecule has 0 bridgehead atoms. The van der Waals surface area contributed by atoms with Crippen LogP contribution in [0.15, 0.2) is 0 Å². The Kier molecular flexibility index (Phi) is 5.03. The summed E-state index contributed by atoms with van der Waals surface area (Å²) in [5, 5.41) is 12.1. The minimum absolute atomic E-state index is 0.0627. The summed E-state index contributed by atoms with van der Waals surface area (Å²) in [6, 6.07) is 1.90. The molecule has 3 N–H and O–H groups in total. The molecule has 2 atom stereocenters. The van der Waals surface area contributed by atoms with E-state index in [0.717, 1.165) is 25.7 Å². The molecule has 0 aromatic carbocycles. The van der Waals surface area contributed by atoms with E-state index in [-0.39, 0.29) is 18.1 Å². The van der Waals surface area contributed by atoms with Crippen molar-refractivity contribution in [2.24, 2.45) is 11.7 Å². The first-order valence-corrected chi connectivity index (χ1v) is 7.43.